The van der Waals surface area contributed by atoms with Gasteiger partial charge in [0, 0.05) is 38.4 Å². The quantitative estimate of drug-likeness (QED) is 0.311. The van der Waals surface area contributed by atoms with Crippen molar-refractivity contribution in [1.29, 1.82) is 0 Å². The number of sulfonamides is 1. The van der Waals surface area contributed by atoms with E-state index in [4.69, 9.17) is 4.99 Å². The van der Waals surface area contributed by atoms with Gasteiger partial charge in [-0.1, -0.05) is 42.5 Å². The van der Waals surface area contributed by atoms with Crippen LogP contribution in [-0.2, 0) is 22.3 Å². The summed E-state index contributed by atoms with van der Waals surface area (Å²) < 4.78 is 25.7. The number of nitrogens with zero attached hydrogens (tertiary/aromatic N) is 3. The van der Waals surface area contributed by atoms with E-state index >= 15 is 0 Å². The Labute approximate surface area is 203 Å². The maximum absolute atomic E-state index is 11.7. The SMILES string of the molecule is CCNC(=NCc1ccc(CS(=O)(=O)NC)cc1)N1CCN(c2ccccc2)CC1.I. The molecule has 0 spiro atoms. The zero-order valence-corrected chi connectivity index (χ0v) is 21.3. The van der Waals surface area contributed by atoms with E-state index in [9.17, 15) is 8.42 Å². The fourth-order valence-corrected chi connectivity index (χ4v) is 4.22. The Morgan fingerprint density at radius 3 is 2.16 bits per heavy atom. The van der Waals surface area contributed by atoms with Crippen LogP contribution in [0.25, 0.3) is 0 Å². The Hall–Kier alpha value is -1.85. The largest absolute Gasteiger partial charge is 0.368 e. The lowest BCUT2D eigenvalue weighted by atomic mass is 10.1. The molecule has 0 unspecified atom stereocenters. The molecule has 1 aliphatic rings. The lowest BCUT2D eigenvalue weighted by Gasteiger charge is -2.37. The molecule has 9 heteroatoms. The summed E-state index contributed by atoms with van der Waals surface area (Å²) in [5.74, 6) is 0.911. The van der Waals surface area contributed by atoms with Gasteiger partial charge in [-0.3, -0.25) is 0 Å². The van der Waals surface area contributed by atoms with Gasteiger partial charge in [-0.05, 0) is 37.2 Å². The highest BCUT2D eigenvalue weighted by Gasteiger charge is 2.19. The normalized spacial score (nSPS) is 14.8. The fraction of sp³-hybridized carbons (Fsp3) is 0.409. The van der Waals surface area contributed by atoms with Crippen molar-refractivity contribution in [3.05, 3.63) is 65.7 Å². The number of hydrogen-bond acceptors (Lipinski definition) is 4. The van der Waals surface area contributed by atoms with Crippen LogP contribution in [-0.4, -0.2) is 59.0 Å². The number of piperazine rings is 1. The third-order valence-corrected chi connectivity index (χ3v) is 6.47. The van der Waals surface area contributed by atoms with Crippen molar-refractivity contribution >= 4 is 45.6 Å². The minimum atomic E-state index is -3.26. The van der Waals surface area contributed by atoms with E-state index < -0.39 is 10.0 Å². The predicted octanol–water partition coefficient (Wildman–Crippen LogP) is 2.64. The van der Waals surface area contributed by atoms with E-state index in [2.05, 4.69) is 51.0 Å². The third-order valence-electron chi connectivity index (χ3n) is 5.14. The molecule has 3 rings (SSSR count). The third kappa shape index (κ3) is 7.65. The summed E-state index contributed by atoms with van der Waals surface area (Å²) in [6, 6.07) is 18.1. The van der Waals surface area contributed by atoms with Crippen LogP contribution in [0.1, 0.15) is 18.1 Å². The lowest BCUT2D eigenvalue weighted by molar-refractivity contribution is 0.372. The number of hydrogen-bond donors (Lipinski definition) is 2. The van der Waals surface area contributed by atoms with Crippen molar-refractivity contribution in [2.45, 2.75) is 19.2 Å². The molecule has 0 radical (unpaired) electrons. The van der Waals surface area contributed by atoms with Crippen molar-refractivity contribution < 1.29 is 8.42 Å². The van der Waals surface area contributed by atoms with Crippen LogP contribution in [0.4, 0.5) is 5.69 Å². The van der Waals surface area contributed by atoms with Crippen molar-refractivity contribution in [2.24, 2.45) is 4.99 Å². The first-order chi connectivity index (χ1) is 14.5. The Bertz CT molecular complexity index is 928. The number of anilines is 1. The van der Waals surface area contributed by atoms with Crippen molar-refractivity contribution in [2.75, 3.05) is 44.7 Å². The molecule has 1 saturated heterocycles. The molecule has 1 fully saturated rings. The first-order valence-electron chi connectivity index (χ1n) is 10.3. The number of halogens is 1. The average molecular weight is 558 g/mol. The number of guanidine groups is 1. The van der Waals surface area contributed by atoms with Gasteiger partial charge in [-0.2, -0.15) is 0 Å². The minimum Gasteiger partial charge on any atom is -0.368 e. The molecule has 0 bridgehead atoms. The van der Waals surface area contributed by atoms with E-state index in [0.717, 1.165) is 49.8 Å². The van der Waals surface area contributed by atoms with Crippen molar-refractivity contribution in [3.8, 4) is 0 Å². The Balaban J connectivity index is 0.00000341. The fourth-order valence-electron chi connectivity index (χ4n) is 3.44. The van der Waals surface area contributed by atoms with Crippen LogP contribution in [0.3, 0.4) is 0 Å². The second kappa shape index (κ2) is 12.3. The molecule has 0 saturated carbocycles. The molecule has 1 aliphatic heterocycles. The van der Waals surface area contributed by atoms with Gasteiger partial charge >= 0.3 is 0 Å². The van der Waals surface area contributed by atoms with Crippen LogP contribution >= 0.6 is 24.0 Å². The highest BCUT2D eigenvalue weighted by Crippen LogP contribution is 2.16. The molecule has 1 heterocycles. The van der Waals surface area contributed by atoms with E-state index in [0.29, 0.717) is 6.54 Å². The first kappa shape index (κ1) is 25.4. The summed E-state index contributed by atoms with van der Waals surface area (Å²) in [5, 5.41) is 3.40. The minimum absolute atomic E-state index is 0. The van der Waals surface area contributed by atoms with Gasteiger partial charge in [0.2, 0.25) is 10.0 Å². The summed E-state index contributed by atoms with van der Waals surface area (Å²) in [4.78, 5) is 9.51. The van der Waals surface area contributed by atoms with E-state index in [1.165, 1.54) is 12.7 Å². The topological polar surface area (TPSA) is 77.0 Å². The van der Waals surface area contributed by atoms with Crippen LogP contribution in [0.2, 0.25) is 0 Å². The number of rotatable bonds is 7. The molecular weight excluding hydrogens is 525 g/mol. The molecule has 2 N–H and O–H groups in total. The second-order valence-electron chi connectivity index (χ2n) is 7.26. The van der Waals surface area contributed by atoms with Gasteiger partial charge in [-0.15, -0.1) is 24.0 Å². The molecule has 170 valence electrons. The second-order valence-corrected chi connectivity index (χ2v) is 9.19. The van der Waals surface area contributed by atoms with Crippen molar-refractivity contribution in [3.63, 3.8) is 0 Å². The standard InChI is InChI=1S/C22H31N5O2S.HI/c1-3-24-22(27-15-13-26(14-16-27)21-7-5-4-6-8-21)25-17-19-9-11-20(12-10-19)18-30(28,29)23-2;/h4-12,23H,3,13-18H2,1-2H3,(H,24,25);1H. The molecular formula is C22H32IN5O2S. The molecule has 0 amide bonds. The lowest BCUT2D eigenvalue weighted by Crippen LogP contribution is -2.52. The molecule has 0 aliphatic carbocycles. The molecule has 2 aromatic carbocycles. The first-order valence-corrected chi connectivity index (χ1v) is 12.0. The zero-order valence-electron chi connectivity index (χ0n) is 18.1. The van der Waals surface area contributed by atoms with Crippen LogP contribution in [0, 0.1) is 0 Å². The summed E-state index contributed by atoms with van der Waals surface area (Å²) in [6.45, 7) is 7.21. The van der Waals surface area contributed by atoms with Gasteiger partial charge in [0.05, 0.1) is 12.3 Å². The van der Waals surface area contributed by atoms with E-state index in [1.807, 2.05) is 30.3 Å². The van der Waals surface area contributed by atoms with E-state index in [1.54, 1.807) is 0 Å². The molecule has 0 atom stereocenters. The predicted molar refractivity (Wildman–Crippen MR) is 139 cm³/mol. The monoisotopic (exact) mass is 557 g/mol. The van der Waals surface area contributed by atoms with Crippen LogP contribution in [0.15, 0.2) is 59.6 Å². The number of benzene rings is 2. The van der Waals surface area contributed by atoms with Crippen LogP contribution < -0.4 is 14.9 Å². The van der Waals surface area contributed by atoms with Gasteiger partial charge in [0.15, 0.2) is 5.96 Å². The Morgan fingerprint density at radius 2 is 1.58 bits per heavy atom. The van der Waals surface area contributed by atoms with Gasteiger partial charge < -0.3 is 15.1 Å². The summed E-state index contributed by atoms with van der Waals surface area (Å²) in [5.41, 5.74) is 3.08. The highest BCUT2D eigenvalue weighted by molar-refractivity contribution is 14.0. The molecule has 2 aromatic rings. The average Bonchev–Trinajstić information content (AvgIpc) is 2.78. The number of aliphatic imine (C=N–C) groups is 1. The highest BCUT2D eigenvalue weighted by atomic mass is 127. The molecule has 0 aromatic heterocycles. The van der Waals surface area contributed by atoms with E-state index in [-0.39, 0.29) is 29.7 Å². The summed E-state index contributed by atoms with van der Waals surface area (Å²) >= 11 is 0. The summed E-state index contributed by atoms with van der Waals surface area (Å²) in [6.07, 6.45) is 0. The Morgan fingerprint density at radius 1 is 0.968 bits per heavy atom. The van der Waals surface area contributed by atoms with Crippen molar-refractivity contribution in [1.82, 2.24) is 14.9 Å². The van der Waals surface area contributed by atoms with Gasteiger partial charge in [0.25, 0.3) is 0 Å². The zero-order chi connectivity index (χ0) is 21.4. The van der Waals surface area contributed by atoms with Gasteiger partial charge in [-0.25, -0.2) is 18.1 Å². The molecule has 31 heavy (non-hydrogen) atoms. The summed E-state index contributed by atoms with van der Waals surface area (Å²) in [7, 11) is -1.82. The number of para-hydroxylation sites is 1. The maximum atomic E-state index is 11.7. The maximum Gasteiger partial charge on any atom is 0.215 e. The van der Waals surface area contributed by atoms with Gasteiger partial charge in [0.1, 0.15) is 0 Å². The van der Waals surface area contributed by atoms with Crippen LogP contribution in [0.5, 0.6) is 0 Å². The Kier molecular flexibility index (Phi) is 10.0. The number of nitrogens with one attached hydrogen (secondary N) is 2. The molecule has 7 nitrogen and oxygen atoms in total. The smallest absolute Gasteiger partial charge is 0.215 e.